The predicted molar refractivity (Wildman–Crippen MR) is 55.9 cm³/mol. The van der Waals surface area contributed by atoms with Crippen molar-refractivity contribution < 1.29 is 0 Å². The van der Waals surface area contributed by atoms with Crippen LogP contribution in [0.5, 0.6) is 0 Å². The highest BCUT2D eigenvalue weighted by Crippen LogP contribution is 2.07. The summed E-state index contributed by atoms with van der Waals surface area (Å²) in [5.74, 6) is 0.520. The number of nitrogens with two attached hydrogens (primary N) is 1. The lowest BCUT2D eigenvalue weighted by molar-refractivity contribution is 0.800. The van der Waals surface area contributed by atoms with Gasteiger partial charge in [0.1, 0.15) is 0 Å². The van der Waals surface area contributed by atoms with Crippen LogP contribution in [0, 0.1) is 13.8 Å². The number of rotatable bonds is 1. The van der Waals surface area contributed by atoms with E-state index in [1.807, 2.05) is 19.9 Å². The van der Waals surface area contributed by atoms with E-state index in [2.05, 4.69) is 15.1 Å². The largest absolute Gasteiger partial charge is 0.369 e. The molecule has 0 spiro atoms. The Bertz CT molecular complexity index is 554. The van der Waals surface area contributed by atoms with Crippen LogP contribution >= 0.6 is 0 Å². The van der Waals surface area contributed by atoms with Crippen LogP contribution in [0.15, 0.2) is 16.9 Å². The maximum atomic E-state index is 11.2. The molecule has 0 aliphatic heterocycles. The number of nitrogen functional groups attached to an aromatic ring is 1. The maximum absolute atomic E-state index is 11.2. The summed E-state index contributed by atoms with van der Waals surface area (Å²) in [7, 11) is 0. The molecule has 0 radical (unpaired) electrons. The van der Waals surface area contributed by atoms with Gasteiger partial charge in [-0.2, -0.15) is 10.1 Å². The summed E-state index contributed by atoms with van der Waals surface area (Å²) in [6.07, 6.45) is 0. The normalized spacial score (nSPS) is 10.5. The molecule has 0 saturated carbocycles. The van der Waals surface area contributed by atoms with Crippen molar-refractivity contribution in [3.05, 3.63) is 33.9 Å². The zero-order valence-corrected chi connectivity index (χ0v) is 8.48. The number of aryl methyl sites for hydroxylation is 2. The first kappa shape index (κ1) is 9.45. The van der Waals surface area contributed by atoms with E-state index < -0.39 is 0 Å². The maximum Gasteiger partial charge on any atom is 0.254 e. The second kappa shape index (κ2) is 3.23. The Morgan fingerprint density at radius 1 is 1.40 bits per heavy atom. The molecule has 0 bridgehead atoms. The zero-order chi connectivity index (χ0) is 11.0. The minimum Gasteiger partial charge on any atom is -0.369 e. The number of aromatic nitrogens is 4. The third kappa shape index (κ3) is 1.74. The fraction of sp³-hybridized carbons (Fsp3) is 0.222. The van der Waals surface area contributed by atoms with Crippen molar-refractivity contribution in [2.45, 2.75) is 13.8 Å². The van der Waals surface area contributed by atoms with Gasteiger partial charge >= 0.3 is 0 Å². The molecule has 6 nitrogen and oxygen atoms in total. The van der Waals surface area contributed by atoms with Gasteiger partial charge < -0.3 is 5.73 Å². The molecule has 0 atom stereocenters. The summed E-state index contributed by atoms with van der Waals surface area (Å²) in [6, 6.07) is 3.26. The van der Waals surface area contributed by atoms with Crippen LogP contribution in [0.1, 0.15) is 11.4 Å². The third-order valence-electron chi connectivity index (χ3n) is 1.97. The highest BCUT2D eigenvalue weighted by Gasteiger charge is 2.06. The highest BCUT2D eigenvalue weighted by molar-refractivity contribution is 5.29. The summed E-state index contributed by atoms with van der Waals surface area (Å²) >= 11 is 0. The van der Waals surface area contributed by atoms with E-state index in [0.717, 1.165) is 11.4 Å². The highest BCUT2D eigenvalue weighted by atomic mass is 16.1. The standard InChI is InChI=1S/C9H11N5O/c1-5-3-6(2)14(13-5)7-4-8(15)12-9(10)11-7/h3-4H,1-2H3,(H3,10,11,12,15). The van der Waals surface area contributed by atoms with Gasteiger partial charge in [-0.3, -0.25) is 9.78 Å². The summed E-state index contributed by atoms with van der Waals surface area (Å²) < 4.78 is 1.58. The van der Waals surface area contributed by atoms with Gasteiger partial charge in [-0.1, -0.05) is 0 Å². The van der Waals surface area contributed by atoms with Crippen LogP contribution in [0.4, 0.5) is 5.95 Å². The molecule has 2 aromatic rings. The van der Waals surface area contributed by atoms with Gasteiger partial charge in [-0.15, -0.1) is 0 Å². The third-order valence-corrected chi connectivity index (χ3v) is 1.97. The van der Waals surface area contributed by atoms with E-state index in [-0.39, 0.29) is 11.5 Å². The Labute approximate surface area is 85.8 Å². The van der Waals surface area contributed by atoms with E-state index in [0.29, 0.717) is 5.82 Å². The minimum atomic E-state index is -0.287. The number of hydrogen-bond donors (Lipinski definition) is 2. The minimum absolute atomic E-state index is 0.0880. The molecule has 6 heteroatoms. The fourth-order valence-electron chi connectivity index (χ4n) is 1.43. The molecule has 0 aromatic carbocycles. The average molecular weight is 205 g/mol. The van der Waals surface area contributed by atoms with Gasteiger partial charge in [0.2, 0.25) is 5.95 Å². The lowest BCUT2D eigenvalue weighted by Crippen LogP contribution is -2.14. The summed E-state index contributed by atoms with van der Waals surface area (Å²) in [5, 5.41) is 4.21. The quantitative estimate of drug-likeness (QED) is 0.693. The Morgan fingerprint density at radius 3 is 2.67 bits per heavy atom. The molecule has 0 saturated heterocycles. The second-order valence-corrected chi connectivity index (χ2v) is 3.33. The number of nitrogens with one attached hydrogen (secondary N) is 1. The molecule has 3 N–H and O–H groups in total. The predicted octanol–water partition coefficient (Wildman–Crippen LogP) is 0.155. The monoisotopic (exact) mass is 205 g/mol. The zero-order valence-electron chi connectivity index (χ0n) is 8.48. The van der Waals surface area contributed by atoms with E-state index in [4.69, 9.17) is 5.73 Å². The first-order valence-electron chi connectivity index (χ1n) is 4.47. The van der Waals surface area contributed by atoms with Gasteiger partial charge in [-0.05, 0) is 19.9 Å². The molecule has 0 amide bonds. The van der Waals surface area contributed by atoms with Crippen molar-refractivity contribution in [1.82, 2.24) is 19.7 Å². The van der Waals surface area contributed by atoms with E-state index in [1.165, 1.54) is 6.07 Å². The van der Waals surface area contributed by atoms with Crippen molar-refractivity contribution in [3.63, 3.8) is 0 Å². The van der Waals surface area contributed by atoms with Crippen molar-refractivity contribution in [2.75, 3.05) is 5.73 Å². The van der Waals surface area contributed by atoms with E-state index in [1.54, 1.807) is 4.68 Å². The van der Waals surface area contributed by atoms with Gasteiger partial charge in [0, 0.05) is 11.8 Å². The topological polar surface area (TPSA) is 89.6 Å². The lowest BCUT2D eigenvalue weighted by Gasteiger charge is -2.02. The van der Waals surface area contributed by atoms with Crippen LogP contribution < -0.4 is 11.3 Å². The molecular weight excluding hydrogens is 194 g/mol. The van der Waals surface area contributed by atoms with E-state index in [9.17, 15) is 4.79 Å². The smallest absolute Gasteiger partial charge is 0.254 e. The summed E-state index contributed by atoms with van der Waals surface area (Å²) in [5.41, 5.74) is 6.93. The SMILES string of the molecule is Cc1cc(C)n(-c2cc(=O)[nH]c(N)n2)n1. The molecule has 2 aromatic heterocycles. The first-order chi connectivity index (χ1) is 7.06. The second-order valence-electron chi connectivity index (χ2n) is 3.33. The van der Waals surface area contributed by atoms with Crippen molar-refractivity contribution >= 4 is 5.95 Å². The fourth-order valence-corrected chi connectivity index (χ4v) is 1.43. The van der Waals surface area contributed by atoms with Crippen LogP contribution in [0.2, 0.25) is 0 Å². The Morgan fingerprint density at radius 2 is 2.13 bits per heavy atom. The molecule has 0 fully saturated rings. The molecule has 0 aliphatic rings. The van der Waals surface area contributed by atoms with Crippen molar-refractivity contribution in [2.24, 2.45) is 0 Å². The molecular formula is C9H11N5O. The molecule has 15 heavy (non-hydrogen) atoms. The average Bonchev–Trinajstić information content (AvgIpc) is 2.43. The molecule has 0 unspecified atom stereocenters. The van der Waals surface area contributed by atoms with Gasteiger partial charge in [0.05, 0.1) is 5.69 Å². The number of aromatic amines is 1. The number of nitrogens with zero attached hydrogens (tertiary/aromatic N) is 3. The molecule has 2 heterocycles. The van der Waals surface area contributed by atoms with Crippen LogP contribution in [-0.2, 0) is 0 Å². The summed E-state index contributed by atoms with van der Waals surface area (Å²) in [6.45, 7) is 3.76. The lowest BCUT2D eigenvalue weighted by atomic mass is 10.4. The number of anilines is 1. The first-order valence-corrected chi connectivity index (χ1v) is 4.47. The molecule has 2 rings (SSSR count). The number of hydrogen-bond acceptors (Lipinski definition) is 4. The Balaban J connectivity index is 2.63. The van der Waals surface area contributed by atoms with Crippen LogP contribution in [0.3, 0.4) is 0 Å². The molecule has 0 aliphatic carbocycles. The Hall–Kier alpha value is -2.11. The van der Waals surface area contributed by atoms with Gasteiger partial charge in [0.25, 0.3) is 5.56 Å². The van der Waals surface area contributed by atoms with Crippen molar-refractivity contribution in [1.29, 1.82) is 0 Å². The molecule has 78 valence electrons. The Kier molecular flexibility index (Phi) is 2.03. The van der Waals surface area contributed by atoms with Gasteiger partial charge in [0.15, 0.2) is 5.82 Å². The van der Waals surface area contributed by atoms with Crippen molar-refractivity contribution in [3.8, 4) is 5.82 Å². The van der Waals surface area contributed by atoms with Gasteiger partial charge in [-0.25, -0.2) is 4.68 Å². The van der Waals surface area contributed by atoms with E-state index >= 15 is 0 Å². The summed E-state index contributed by atoms with van der Waals surface area (Å²) in [4.78, 5) is 17.6. The van der Waals surface area contributed by atoms with Crippen LogP contribution in [0.25, 0.3) is 5.82 Å². The number of H-pyrrole nitrogens is 1. The van der Waals surface area contributed by atoms with Crippen LogP contribution in [-0.4, -0.2) is 19.7 Å².